The van der Waals surface area contributed by atoms with Gasteiger partial charge in [0, 0.05) is 25.2 Å². The Labute approximate surface area is 155 Å². The lowest BCUT2D eigenvalue weighted by molar-refractivity contribution is 0.316. The highest BCUT2D eigenvalue weighted by Gasteiger charge is 2.31. The minimum absolute atomic E-state index is 0. The topological polar surface area (TPSA) is 119 Å². The lowest BCUT2D eigenvalue weighted by Crippen LogP contribution is -2.45. The first kappa shape index (κ1) is 22.0. The Kier molecular flexibility index (Phi) is 7.51. The average Bonchev–Trinajstić information content (AvgIpc) is 2.54. The van der Waals surface area contributed by atoms with E-state index in [1.807, 2.05) is 0 Å². The molecule has 0 aliphatic carbocycles. The second-order valence-electron chi connectivity index (χ2n) is 5.63. The third-order valence-corrected chi connectivity index (χ3v) is 7.08. The van der Waals surface area contributed by atoms with Gasteiger partial charge in [-0.15, -0.1) is 12.4 Å². The fourth-order valence-electron chi connectivity index (χ4n) is 2.51. The summed E-state index contributed by atoms with van der Waals surface area (Å²) in [5.74, 6) is 0.191. The molecule has 0 bridgehead atoms. The molecule has 1 aromatic rings. The van der Waals surface area contributed by atoms with Crippen molar-refractivity contribution in [1.29, 1.82) is 0 Å². The number of benzene rings is 1. The van der Waals surface area contributed by atoms with Crippen LogP contribution < -0.4 is 15.2 Å². The predicted octanol–water partition coefficient (Wildman–Crippen LogP) is 0.990. The Morgan fingerprint density at radius 3 is 2.56 bits per heavy atom. The average molecular weight is 414 g/mol. The molecule has 144 valence electrons. The zero-order valence-corrected chi connectivity index (χ0v) is 16.6. The van der Waals surface area contributed by atoms with Crippen molar-refractivity contribution in [2.24, 2.45) is 5.73 Å². The minimum Gasteiger partial charge on any atom is -0.497 e. The Balaban J connectivity index is 0.00000312. The summed E-state index contributed by atoms with van der Waals surface area (Å²) in [5, 5.41) is 0. The largest absolute Gasteiger partial charge is 0.497 e. The van der Waals surface area contributed by atoms with E-state index in [9.17, 15) is 16.8 Å². The Bertz CT molecular complexity index is 799. The maximum absolute atomic E-state index is 12.9. The van der Waals surface area contributed by atoms with E-state index < -0.39 is 20.0 Å². The van der Waals surface area contributed by atoms with Crippen LogP contribution in [0.1, 0.15) is 19.8 Å². The van der Waals surface area contributed by atoms with Crippen molar-refractivity contribution in [2.75, 3.05) is 30.7 Å². The third-order valence-electron chi connectivity index (χ3n) is 3.87. The van der Waals surface area contributed by atoms with Gasteiger partial charge in [0.1, 0.15) is 10.6 Å². The van der Waals surface area contributed by atoms with Gasteiger partial charge in [-0.3, -0.25) is 4.72 Å². The molecule has 0 saturated carbocycles. The van der Waals surface area contributed by atoms with E-state index in [1.165, 1.54) is 36.5 Å². The molecule has 2 rings (SSSR count). The summed E-state index contributed by atoms with van der Waals surface area (Å²) in [7, 11) is -6.07. The molecule has 1 unspecified atom stereocenters. The van der Waals surface area contributed by atoms with Gasteiger partial charge < -0.3 is 10.5 Å². The van der Waals surface area contributed by atoms with E-state index in [0.717, 1.165) is 6.42 Å². The van der Waals surface area contributed by atoms with Crippen LogP contribution in [0.25, 0.3) is 0 Å². The van der Waals surface area contributed by atoms with E-state index in [1.54, 1.807) is 0 Å². The molecule has 0 spiro atoms. The molecule has 1 aliphatic rings. The third kappa shape index (κ3) is 5.20. The standard InChI is InChI=1S/C14H23N3O5S2.ClH/c1-3-23(18,19)16-13-9-12(22-2)6-7-14(13)24(20,21)17-8-4-5-11(15)10-17;/h6-7,9,11,16H,3-5,8,10,15H2,1-2H3;1H. The van der Waals surface area contributed by atoms with Crippen molar-refractivity contribution in [3.05, 3.63) is 18.2 Å². The second kappa shape index (κ2) is 8.54. The van der Waals surface area contributed by atoms with Gasteiger partial charge in [-0.05, 0) is 31.9 Å². The number of rotatable bonds is 6. The van der Waals surface area contributed by atoms with Gasteiger partial charge in [0.05, 0.1) is 18.6 Å². The van der Waals surface area contributed by atoms with Crippen molar-refractivity contribution in [1.82, 2.24) is 4.31 Å². The molecule has 25 heavy (non-hydrogen) atoms. The lowest BCUT2D eigenvalue weighted by atomic mass is 10.1. The van der Waals surface area contributed by atoms with Crippen LogP contribution in [0.5, 0.6) is 5.75 Å². The van der Waals surface area contributed by atoms with Crippen LogP contribution in [0.2, 0.25) is 0 Å². The van der Waals surface area contributed by atoms with Gasteiger partial charge in [-0.2, -0.15) is 4.31 Å². The maximum atomic E-state index is 12.9. The van der Waals surface area contributed by atoms with Gasteiger partial charge in [-0.25, -0.2) is 16.8 Å². The fraction of sp³-hybridized carbons (Fsp3) is 0.571. The number of hydrogen-bond donors (Lipinski definition) is 2. The van der Waals surface area contributed by atoms with Crippen LogP contribution in [0.3, 0.4) is 0 Å². The highest BCUT2D eigenvalue weighted by molar-refractivity contribution is 7.93. The Morgan fingerprint density at radius 2 is 2.00 bits per heavy atom. The smallest absolute Gasteiger partial charge is 0.245 e. The number of sulfonamides is 2. The minimum atomic E-state index is -3.86. The summed E-state index contributed by atoms with van der Waals surface area (Å²) in [6.07, 6.45) is 1.44. The number of nitrogens with two attached hydrogens (primary N) is 1. The molecule has 1 saturated heterocycles. The number of ether oxygens (including phenoxy) is 1. The molecule has 0 aromatic heterocycles. The number of nitrogens with zero attached hydrogens (tertiary/aromatic N) is 1. The van der Waals surface area contributed by atoms with Crippen molar-refractivity contribution in [3.8, 4) is 5.75 Å². The van der Waals surface area contributed by atoms with E-state index >= 15 is 0 Å². The fourth-order valence-corrected chi connectivity index (χ4v) is 4.89. The quantitative estimate of drug-likeness (QED) is 0.717. The van der Waals surface area contributed by atoms with Crippen molar-refractivity contribution in [2.45, 2.75) is 30.7 Å². The molecule has 1 atom stereocenters. The summed E-state index contributed by atoms with van der Waals surface area (Å²) < 4.78 is 58.3. The van der Waals surface area contributed by atoms with Gasteiger partial charge >= 0.3 is 0 Å². The first-order valence-electron chi connectivity index (χ1n) is 7.64. The summed E-state index contributed by atoms with van der Waals surface area (Å²) in [6, 6.07) is 3.98. The molecular formula is C14H24ClN3O5S2. The van der Waals surface area contributed by atoms with Gasteiger partial charge in [-0.1, -0.05) is 0 Å². The van der Waals surface area contributed by atoms with E-state index in [0.29, 0.717) is 18.7 Å². The zero-order chi connectivity index (χ0) is 18.0. The van der Waals surface area contributed by atoms with Crippen molar-refractivity contribution < 1.29 is 21.6 Å². The van der Waals surface area contributed by atoms with Crippen LogP contribution in [-0.4, -0.2) is 53.1 Å². The van der Waals surface area contributed by atoms with Crippen LogP contribution >= 0.6 is 12.4 Å². The molecule has 1 fully saturated rings. The summed E-state index contributed by atoms with van der Waals surface area (Å²) in [5.41, 5.74) is 5.85. The Hall–Kier alpha value is -1.07. The highest BCUT2D eigenvalue weighted by Crippen LogP contribution is 2.30. The number of nitrogens with one attached hydrogen (secondary N) is 1. The number of piperidine rings is 1. The first-order chi connectivity index (χ1) is 11.2. The molecule has 3 N–H and O–H groups in total. The first-order valence-corrected chi connectivity index (χ1v) is 10.7. The summed E-state index contributed by atoms with van der Waals surface area (Å²) in [4.78, 5) is -0.102. The molecule has 11 heteroatoms. The van der Waals surface area contributed by atoms with Gasteiger partial charge in [0.25, 0.3) is 0 Å². The molecule has 1 heterocycles. The van der Waals surface area contributed by atoms with Crippen LogP contribution in [0.15, 0.2) is 23.1 Å². The summed E-state index contributed by atoms with van der Waals surface area (Å²) >= 11 is 0. The molecule has 1 aromatic carbocycles. The highest BCUT2D eigenvalue weighted by atomic mass is 35.5. The van der Waals surface area contributed by atoms with E-state index in [-0.39, 0.29) is 41.3 Å². The monoisotopic (exact) mass is 413 g/mol. The van der Waals surface area contributed by atoms with Crippen LogP contribution in [0, 0.1) is 0 Å². The number of methoxy groups -OCH3 is 1. The second-order valence-corrected chi connectivity index (χ2v) is 9.55. The van der Waals surface area contributed by atoms with E-state index in [4.69, 9.17) is 10.5 Å². The molecule has 8 nitrogen and oxygen atoms in total. The number of anilines is 1. The predicted molar refractivity (Wildman–Crippen MR) is 99.3 cm³/mol. The maximum Gasteiger partial charge on any atom is 0.245 e. The van der Waals surface area contributed by atoms with E-state index in [2.05, 4.69) is 4.72 Å². The molecular weight excluding hydrogens is 390 g/mol. The van der Waals surface area contributed by atoms with Crippen molar-refractivity contribution in [3.63, 3.8) is 0 Å². The van der Waals surface area contributed by atoms with Crippen molar-refractivity contribution >= 4 is 38.1 Å². The Morgan fingerprint density at radius 1 is 1.32 bits per heavy atom. The summed E-state index contributed by atoms with van der Waals surface area (Å²) in [6.45, 7) is 2.05. The number of halogens is 1. The SMILES string of the molecule is CCS(=O)(=O)Nc1cc(OC)ccc1S(=O)(=O)N1CCCC(N)C1.Cl. The van der Waals surface area contributed by atoms with Crippen LogP contribution in [-0.2, 0) is 20.0 Å². The van der Waals surface area contributed by atoms with Gasteiger partial charge in [0.2, 0.25) is 20.0 Å². The normalized spacial score (nSPS) is 19.1. The zero-order valence-electron chi connectivity index (χ0n) is 14.1. The van der Waals surface area contributed by atoms with Gasteiger partial charge in [0.15, 0.2) is 0 Å². The molecule has 1 aliphatic heterocycles. The lowest BCUT2D eigenvalue weighted by Gasteiger charge is -2.30. The van der Waals surface area contributed by atoms with Crippen LogP contribution in [0.4, 0.5) is 5.69 Å². The molecule has 0 amide bonds. The molecule has 0 radical (unpaired) electrons. The number of hydrogen-bond acceptors (Lipinski definition) is 6.